The summed E-state index contributed by atoms with van der Waals surface area (Å²) < 4.78 is 51.8. The van der Waals surface area contributed by atoms with Crippen LogP contribution in [0.2, 0.25) is 0 Å². The largest absolute Gasteiger partial charge is 0.416 e. The third kappa shape index (κ3) is 2.98. The van der Waals surface area contributed by atoms with Gasteiger partial charge < -0.3 is 5.11 Å². The molecule has 19 heavy (non-hydrogen) atoms. The molecule has 1 atom stereocenters. The molecule has 0 fully saturated rings. The van der Waals surface area contributed by atoms with E-state index in [2.05, 4.69) is 15.9 Å². The Hall–Kier alpha value is -0.920. The number of rotatable bonds is 2. The van der Waals surface area contributed by atoms with Gasteiger partial charge in [0.05, 0.1) is 5.56 Å². The Morgan fingerprint density at radius 3 is 2.37 bits per heavy atom. The molecule has 0 saturated heterocycles. The van der Waals surface area contributed by atoms with Gasteiger partial charge in [0.2, 0.25) is 0 Å². The maximum Gasteiger partial charge on any atom is 0.416 e. The molecule has 1 aromatic carbocycles. The lowest BCUT2D eigenvalue weighted by atomic mass is 10.0. The number of alkyl halides is 3. The minimum absolute atomic E-state index is 0.336. The number of hydrogen-bond acceptors (Lipinski definition) is 2. The number of aliphatic hydroxyl groups is 1. The van der Waals surface area contributed by atoms with Crippen molar-refractivity contribution in [3.8, 4) is 0 Å². The minimum Gasteiger partial charge on any atom is -0.383 e. The van der Waals surface area contributed by atoms with Crippen molar-refractivity contribution in [2.24, 2.45) is 0 Å². The fraction of sp³-hybridized carbons (Fsp3) is 0.167. The first-order chi connectivity index (χ1) is 8.80. The molecule has 0 saturated carbocycles. The number of hydrogen-bond donors (Lipinski definition) is 1. The van der Waals surface area contributed by atoms with Crippen molar-refractivity contribution in [3.05, 3.63) is 55.9 Å². The molecule has 0 aliphatic carbocycles. The number of aliphatic hydroxyl groups excluding tert-OH is 1. The molecule has 2 aromatic rings. The van der Waals surface area contributed by atoms with Crippen LogP contribution in [0.5, 0.6) is 0 Å². The second kappa shape index (κ2) is 5.22. The highest BCUT2D eigenvalue weighted by Crippen LogP contribution is 2.36. The van der Waals surface area contributed by atoms with Gasteiger partial charge in [0, 0.05) is 21.0 Å². The standard InChI is InChI=1S/C12H7BrF4OS/c13-9-5-19-4-8(9)11(18)7-3-6(12(15,16)17)1-2-10(7)14/h1-5,11,18H. The molecule has 2 rings (SSSR count). The van der Waals surface area contributed by atoms with Crippen molar-refractivity contribution in [3.63, 3.8) is 0 Å². The lowest BCUT2D eigenvalue weighted by Crippen LogP contribution is -2.09. The van der Waals surface area contributed by atoms with Crippen molar-refractivity contribution < 1.29 is 22.7 Å². The van der Waals surface area contributed by atoms with Gasteiger partial charge >= 0.3 is 6.18 Å². The van der Waals surface area contributed by atoms with Gasteiger partial charge in [-0.1, -0.05) is 0 Å². The van der Waals surface area contributed by atoms with Gasteiger partial charge in [0.1, 0.15) is 11.9 Å². The van der Waals surface area contributed by atoms with E-state index in [0.29, 0.717) is 28.2 Å². The summed E-state index contributed by atoms with van der Waals surface area (Å²) in [5, 5.41) is 13.2. The fourth-order valence-electron chi connectivity index (χ4n) is 1.58. The molecule has 0 aliphatic rings. The maximum absolute atomic E-state index is 13.6. The van der Waals surface area contributed by atoms with Crippen LogP contribution in [0.4, 0.5) is 17.6 Å². The average molecular weight is 355 g/mol. The van der Waals surface area contributed by atoms with Crippen molar-refractivity contribution in [1.82, 2.24) is 0 Å². The molecule has 0 amide bonds. The molecule has 1 heterocycles. The normalized spacial score (nSPS) is 13.6. The summed E-state index contributed by atoms with van der Waals surface area (Å²) in [7, 11) is 0. The summed E-state index contributed by atoms with van der Waals surface area (Å²) in [5.74, 6) is -0.876. The molecule has 1 N–H and O–H groups in total. The van der Waals surface area contributed by atoms with E-state index in [9.17, 15) is 22.7 Å². The van der Waals surface area contributed by atoms with E-state index >= 15 is 0 Å². The van der Waals surface area contributed by atoms with E-state index < -0.39 is 29.2 Å². The van der Waals surface area contributed by atoms with Crippen LogP contribution in [0.1, 0.15) is 22.8 Å². The van der Waals surface area contributed by atoms with E-state index in [1.54, 1.807) is 10.8 Å². The van der Waals surface area contributed by atoms with E-state index in [1.807, 2.05) is 0 Å². The van der Waals surface area contributed by atoms with Crippen LogP contribution in [0.3, 0.4) is 0 Å². The average Bonchev–Trinajstić information content (AvgIpc) is 2.73. The summed E-state index contributed by atoms with van der Waals surface area (Å²) in [4.78, 5) is 0. The van der Waals surface area contributed by atoms with Gasteiger partial charge in [-0.25, -0.2) is 4.39 Å². The zero-order valence-corrected chi connectivity index (χ0v) is 11.6. The SMILES string of the molecule is OC(c1cc(C(F)(F)F)ccc1F)c1cscc1Br. The predicted octanol–water partition coefficient (Wildman–Crippen LogP) is 4.75. The van der Waals surface area contributed by atoms with Crippen molar-refractivity contribution in [1.29, 1.82) is 0 Å². The smallest absolute Gasteiger partial charge is 0.383 e. The third-order valence-corrected chi connectivity index (χ3v) is 4.31. The van der Waals surface area contributed by atoms with Gasteiger partial charge in [-0.05, 0) is 39.5 Å². The van der Waals surface area contributed by atoms with Crippen molar-refractivity contribution in [2.45, 2.75) is 12.3 Å². The Bertz CT molecular complexity index is 594. The third-order valence-electron chi connectivity index (χ3n) is 2.55. The highest BCUT2D eigenvalue weighted by atomic mass is 79.9. The molecule has 0 bridgehead atoms. The maximum atomic E-state index is 13.6. The van der Waals surface area contributed by atoms with E-state index in [1.165, 1.54) is 11.3 Å². The van der Waals surface area contributed by atoms with Gasteiger partial charge in [0.25, 0.3) is 0 Å². The van der Waals surface area contributed by atoms with Gasteiger partial charge in [-0.2, -0.15) is 24.5 Å². The highest BCUT2D eigenvalue weighted by Gasteiger charge is 2.32. The summed E-state index contributed by atoms with van der Waals surface area (Å²) in [6.07, 6.45) is -6.02. The van der Waals surface area contributed by atoms with Crippen molar-refractivity contribution in [2.75, 3.05) is 0 Å². The molecular weight excluding hydrogens is 348 g/mol. The highest BCUT2D eigenvalue weighted by molar-refractivity contribution is 9.10. The summed E-state index contributed by atoms with van der Waals surface area (Å²) >= 11 is 4.41. The fourth-order valence-corrected chi connectivity index (χ4v) is 3.12. The first kappa shape index (κ1) is 14.5. The number of halogens is 5. The summed E-state index contributed by atoms with van der Waals surface area (Å²) in [6.45, 7) is 0. The predicted molar refractivity (Wildman–Crippen MR) is 67.5 cm³/mol. The van der Waals surface area contributed by atoms with Crippen LogP contribution < -0.4 is 0 Å². The monoisotopic (exact) mass is 354 g/mol. The van der Waals surface area contributed by atoms with Crippen LogP contribution in [-0.2, 0) is 6.18 Å². The lowest BCUT2D eigenvalue weighted by molar-refractivity contribution is -0.137. The zero-order chi connectivity index (χ0) is 14.2. The molecule has 1 unspecified atom stereocenters. The molecule has 0 radical (unpaired) electrons. The van der Waals surface area contributed by atoms with Gasteiger partial charge in [-0.3, -0.25) is 0 Å². The van der Waals surface area contributed by atoms with E-state index in [0.717, 1.165) is 0 Å². The molecule has 1 aromatic heterocycles. The topological polar surface area (TPSA) is 20.2 Å². The van der Waals surface area contributed by atoms with Gasteiger partial charge in [-0.15, -0.1) is 0 Å². The van der Waals surface area contributed by atoms with E-state index in [4.69, 9.17) is 0 Å². The summed E-state index contributed by atoms with van der Waals surface area (Å²) in [6, 6.07) is 1.99. The number of benzene rings is 1. The summed E-state index contributed by atoms with van der Waals surface area (Å²) in [5.41, 5.74) is -1.05. The van der Waals surface area contributed by atoms with Crippen molar-refractivity contribution >= 4 is 27.3 Å². The van der Waals surface area contributed by atoms with Crippen LogP contribution in [-0.4, -0.2) is 5.11 Å². The molecule has 102 valence electrons. The van der Waals surface area contributed by atoms with Gasteiger partial charge in [0.15, 0.2) is 0 Å². The first-order valence-corrected chi connectivity index (χ1v) is 6.80. The molecular formula is C12H7BrF4OS. The second-order valence-electron chi connectivity index (χ2n) is 3.81. The Labute approximate surface area is 118 Å². The molecule has 0 aliphatic heterocycles. The van der Waals surface area contributed by atoms with Crippen LogP contribution in [0.25, 0.3) is 0 Å². The van der Waals surface area contributed by atoms with Crippen LogP contribution in [0, 0.1) is 5.82 Å². The lowest BCUT2D eigenvalue weighted by Gasteiger charge is -2.14. The molecule has 1 nitrogen and oxygen atoms in total. The van der Waals surface area contributed by atoms with Crippen LogP contribution in [0.15, 0.2) is 33.4 Å². The second-order valence-corrected chi connectivity index (χ2v) is 5.41. The minimum atomic E-state index is -4.58. The first-order valence-electron chi connectivity index (χ1n) is 5.07. The van der Waals surface area contributed by atoms with Crippen LogP contribution >= 0.6 is 27.3 Å². The zero-order valence-electron chi connectivity index (χ0n) is 9.21. The molecule has 0 spiro atoms. The number of thiophene rings is 1. The van der Waals surface area contributed by atoms with E-state index in [-0.39, 0.29) is 0 Å². The Kier molecular flexibility index (Phi) is 3.98. The quantitative estimate of drug-likeness (QED) is 0.771. The molecule has 7 heteroatoms. The Morgan fingerprint density at radius 2 is 1.84 bits per heavy atom. The Balaban J connectivity index is 2.47. The Morgan fingerprint density at radius 1 is 1.16 bits per heavy atom.